The zero-order valence-electron chi connectivity index (χ0n) is 17.5. The largest absolute Gasteiger partial charge is 0.332 e. The van der Waals surface area contributed by atoms with Gasteiger partial charge in [0.1, 0.15) is 5.82 Å². The van der Waals surface area contributed by atoms with E-state index in [-0.39, 0.29) is 35.2 Å². The molecule has 0 aliphatic heterocycles. The van der Waals surface area contributed by atoms with Gasteiger partial charge in [0.15, 0.2) is 17.0 Å². The first-order valence-electron chi connectivity index (χ1n) is 10.4. The first-order valence-corrected chi connectivity index (χ1v) is 10.7. The second kappa shape index (κ2) is 9.43. The van der Waals surface area contributed by atoms with Gasteiger partial charge in [0.2, 0.25) is 5.28 Å². The van der Waals surface area contributed by atoms with Crippen LogP contribution in [0.1, 0.15) is 37.6 Å². The number of aromatic amines is 1. The standard InChI is InChI=1S/C20H22ClFN8O2/c1-2-3-9-28-17-16(23-19(21)24-17)18(31)29(20(28)32)10-6-11-30-26-15(25-27-30)12-13-7-4-5-8-14(13)22/h4-5,7-8H,2-3,6,9-12H2,1H3,(H,23,24). The smallest absolute Gasteiger partial charge is 0.323 e. The Kier molecular flexibility index (Phi) is 6.45. The van der Waals surface area contributed by atoms with E-state index in [1.165, 1.54) is 20.0 Å². The molecule has 0 unspecified atom stereocenters. The molecule has 3 aromatic heterocycles. The Balaban J connectivity index is 1.49. The molecule has 0 fully saturated rings. The molecule has 12 heteroatoms. The summed E-state index contributed by atoms with van der Waals surface area (Å²) in [7, 11) is 0. The fourth-order valence-electron chi connectivity index (χ4n) is 3.48. The molecule has 3 heterocycles. The number of imidazole rings is 1. The molecule has 4 aromatic rings. The molecule has 0 radical (unpaired) electrons. The molecule has 1 aromatic carbocycles. The summed E-state index contributed by atoms with van der Waals surface area (Å²) in [4.78, 5) is 34.0. The van der Waals surface area contributed by atoms with Crippen LogP contribution < -0.4 is 11.2 Å². The molecule has 32 heavy (non-hydrogen) atoms. The van der Waals surface area contributed by atoms with E-state index in [2.05, 4.69) is 25.4 Å². The van der Waals surface area contributed by atoms with Gasteiger partial charge in [-0.1, -0.05) is 31.5 Å². The molecule has 0 atom stereocenters. The number of rotatable bonds is 9. The van der Waals surface area contributed by atoms with Crippen LogP contribution in [0.15, 0.2) is 33.9 Å². The summed E-state index contributed by atoms with van der Waals surface area (Å²) < 4.78 is 16.5. The number of hydrogen-bond donors (Lipinski definition) is 1. The van der Waals surface area contributed by atoms with Gasteiger partial charge in [0, 0.05) is 19.5 Å². The summed E-state index contributed by atoms with van der Waals surface area (Å²) in [5.41, 5.74) is 0.0646. The Labute approximate surface area is 186 Å². The minimum absolute atomic E-state index is 0.0636. The van der Waals surface area contributed by atoms with Crippen molar-refractivity contribution in [2.75, 3.05) is 0 Å². The van der Waals surface area contributed by atoms with Crippen molar-refractivity contribution in [3.05, 3.63) is 67.6 Å². The Morgan fingerprint density at radius 3 is 2.66 bits per heavy atom. The maximum absolute atomic E-state index is 13.8. The van der Waals surface area contributed by atoms with Crippen molar-refractivity contribution in [1.82, 2.24) is 39.3 Å². The molecule has 4 rings (SSSR count). The summed E-state index contributed by atoms with van der Waals surface area (Å²) in [6.45, 7) is 2.96. The normalized spacial score (nSPS) is 11.5. The molecule has 0 aliphatic rings. The Morgan fingerprint density at radius 2 is 1.88 bits per heavy atom. The molecule has 0 aliphatic carbocycles. The highest BCUT2D eigenvalue weighted by Gasteiger charge is 2.17. The molecule has 0 spiro atoms. The average molecular weight is 461 g/mol. The van der Waals surface area contributed by atoms with Gasteiger partial charge in [-0.25, -0.2) is 9.18 Å². The molecule has 168 valence electrons. The number of aromatic nitrogens is 8. The molecule has 0 amide bonds. The van der Waals surface area contributed by atoms with Crippen molar-refractivity contribution in [3.63, 3.8) is 0 Å². The highest BCUT2D eigenvalue weighted by Crippen LogP contribution is 2.11. The number of tetrazole rings is 1. The highest BCUT2D eigenvalue weighted by molar-refractivity contribution is 6.28. The summed E-state index contributed by atoms with van der Waals surface area (Å²) in [6.07, 6.45) is 2.31. The molecule has 1 N–H and O–H groups in total. The van der Waals surface area contributed by atoms with Crippen LogP contribution in [-0.4, -0.2) is 39.3 Å². The van der Waals surface area contributed by atoms with Gasteiger partial charge in [0.05, 0.1) is 6.54 Å². The van der Waals surface area contributed by atoms with Crippen LogP contribution in [0.2, 0.25) is 5.28 Å². The lowest BCUT2D eigenvalue weighted by atomic mass is 10.1. The van der Waals surface area contributed by atoms with Gasteiger partial charge in [-0.2, -0.15) is 9.78 Å². The van der Waals surface area contributed by atoms with E-state index in [0.29, 0.717) is 30.9 Å². The summed E-state index contributed by atoms with van der Waals surface area (Å²) >= 11 is 5.94. The number of fused-ring (bicyclic) bond motifs is 1. The van der Waals surface area contributed by atoms with Crippen molar-refractivity contribution in [3.8, 4) is 0 Å². The number of halogens is 2. The second-order valence-corrected chi connectivity index (χ2v) is 7.75. The van der Waals surface area contributed by atoms with E-state index in [4.69, 9.17) is 11.6 Å². The highest BCUT2D eigenvalue weighted by atomic mass is 35.5. The fraction of sp³-hybridized carbons (Fsp3) is 0.400. The zero-order valence-corrected chi connectivity index (χ0v) is 18.2. The van der Waals surface area contributed by atoms with E-state index in [9.17, 15) is 14.0 Å². The second-order valence-electron chi connectivity index (χ2n) is 7.39. The van der Waals surface area contributed by atoms with Gasteiger partial charge in [-0.3, -0.25) is 13.9 Å². The van der Waals surface area contributed by atoms with Crippen molar-refractivity contribution < 1.29 is 4.39 Å². The molecular weight excluding hydrogens is 439 g/mol. The van der Waals surface area contributed by atoms with Crippen molar-refractivity contribution >= 4 is 22.8 Å². The fourth-order valence-corrected chi connectivity index (χ4v) is 3.65. The third-order valence-electron chi connectivity index (χ3n) is 5.11. The predicted octanol–water partition coefficient (Wildman–Crippen LogP) is 2.15. The zero-order chi connectivity index (χ0) is 22.7. The third-order valence-corrected chi connectivity index (χ3v) is 5.29. The maximum atomic E-state index is 13.8. The summed E-state index contributed by atoms with van der Waals surface area (Å²) in [5, 5.41) is 12.3. The van der Waals surface area contributed by atoms with Gasteiger partial charge in [-0.15, -0.1) is 10.2 Å². The molecule has 0 saturated heterocycles. The van der Waals surface area contributed by atoms with Crippen molar-refractivity contribution in [2.24, 2.45) is 0 Å². The van der Waals surface area contributed by atoms with Crippen molar-refractivity contribution in [1.29, 1.82) is 0 Å². The van der Waals surface area contributed by atoms with Crippen LogP contribution in [0.5, 0.6) is 0 Å². The van der Waals surface area contributed by atoms with Crippen LogP contribution in [-0.2, 0) is 26.1 Å². The van der Waals surface area contributed by atoms with Crippen LogP contribution in [0.4, 0.5) is 4.39 Å². The molecule has 0 bridgehead atoms. The lowest BCUT2D eigenvalue weighted by Crippen LogP contribution is -2.40. The van der Waals surface area contributed by atoms with Crippen LogP contribution in [0, 0.1) is 5.82 Å². The average Bonchev–Trinajstić information content (AvgIpc) is 3.38. The Morgan fingerprint density at radius 1 is 1.09 bits per heavy atom. The number of hydrogen-bond acceptors (Lipinski definition) is 6. The van der Waals surface area contributed by atoms with Crippen molar-refractivity contribution in [2.45, 2.75) is 52.2 Å². The lowest BCUT2D eigenvalue weighted by Gasteiger charge is -2.10. The topological polar surface area (TPSA) is 116 Å². The third kappa shape index (κ3) is 4.47. The summed E-state index contributed by atoms with van der Waals surface area (Å²) in [5.74, 6) is 0.0691. The van der Waals surface area contributed by atoms with Gasteiger partial charge < -0.3 is 4.98 Å². The lowest BCUT2D eigenvalue weighted by molar-refractivity contribution is 0.451. The minimum atomic E-state index is -0.469. The number of H-pyrrole nitrogens is 1. The number of nitrogens with one attached hydrogen (secondary N) is 1. The first-order chi connectivity index (χ1) is 15.5. The SMILES string of the molecule is CCCCn1c(=O)n(CCCn2nnc(Cc3ccccc3F)n2)c(=O)c2[nH]c(Cl)nc21. The number of benzene rings is 1. The number of unbranched alkanes of at least 4 members (excludes halogenated alkanes) is 1. The molecule has 0 saturated carbocycles. The van der Waals surface area contributed by atoms with E-state index in [1.807, 2.05) is 6.92 Å². The Hall–Kier alpha value is -3.34. The van der Waals surface area contributed by atoms with Crippen LogP contribution in [0.3, 0.4) is 0 Å². The number of aryl methyl sites for hydroxylation is 2. The van der Waals surface area contributed by atoms with Gasteiger partial charge >= 0.3 is 5.69 Å². The van der Waals surface area contributed by atoms with E-state index >= 15 is 0 Å². The van der Waals surface area contributed by atoms with E-state index < -0.39 is 11.2 Å². The monoisotopic (exact) mass is 460 g/mol. The molecule has 10 nitrogen and oxygen atoms in total. The maximum Gasteiger partial charge on any atom is 0.332 e. The number of nitrogens with zero attached hydrogens (tertiary/aromatic N) is 7. The van der Waals surface area contributed by atoms with Crippen LogP contribution >= 0.6 is 11.6 Å². The quantitative estimate of drug-likeness (QED) is 0.382. The predicted molar refractivity (Wildman–Crippen MR) is 116 cm³/mol. The summed E-state index contributed by atoms with van der Waals surface area (Å²) in [6, 6.07) is 6.42. The van der Waals surface area contributed by atoms with E-state index in [0.717, 1.165) is 12.8 Å². The minimum Gasteiger partial charge on any atom is -0.323 e. The Bertz CT molecular complexity index is 1360. The first kappa shape index (κ1) is 21.9. The molecular formula is C20H22ClFN8O2. The van der Waals surface area contributed by atoms with Gasteiger partial charge in [-0.05, 0) is 41.3 Å². The van der Waals surface area contributed by atoms with Gasteiger partial charge in [0.25, 0.3) is 5.56 Å². The van der Waals surface area contributed by atoms with Crippen LogP contribution in [0.25, 0.3) is 11.2 Å². The van der Waals surface area contributed by atoms with E-state index in [1.54, 1.807) is 18.2 Å².